The van der Waals surface area contributed by atoms with Crippen molar-refractivity contribution in [1.82, 2.24) is 0 Å². The number of carboxylic acids is 1. The first-order valence-corrected chi connectivity index (χ1v) is 8.00. The smallest absolute Gasteiger partial charge is 0.335 e. The Balaban J connectivity index is 1.77. The third-order valence-corrected chi connectivity index (χ3v) is 3.85. The number of carbonyl (C=O) groups is 2. The van der Waals surface area contributed by atoms with Gasteiger partial charge in [-0.25, -0.2) is 4.79 Å². The highest BCUT2D eigenvalue weighted by Crippen LogP contribution is 2.26. The molecule has 5 nitrogen and oxygen atoms in total. The number of benzene rings is 1. The Morgan fingerprint density at radius 1 is 1.08 bits per heavy atom. The number of carboxylic acid groups (broad SMARTS) is 1. The number of ketones is 1. The Hall–Kier alpha value is -3.08. The van der Waals surface area contributed by atoms with Crippen LogP contribution in [0.2, 0.25) is 0 Å². The molecule has 0 radical (unpaired) electrons. The molecule has 1 aliphatic heterocycles. The van der Waals surface area contributed by atoms with Crippen molar-refractivity contribution < 1.29 is 24.2 Å². The molecule has 1 heterocycles. The highest BCUT2D eigenvalue weighted by molar-refractivity contribution is 6.08. The third-order valence-electron chi connectivity index (χ3n) is 3.85. The van der Waals surface area contributed by atoms with E-state index in [1.807, 2.05) is 19.1 Å². The zero-order valence-electron chi connectivity index (χ0n) is 13.8. The van der Waals surface area contributed by atoms with Crippen LogP contribution in [-0.4, -0.2) is 30.1 Å². The molecular formula is C20H18O5. The van der Waals surface area contributed by atoms with Gasteiger partial charge in [-0.05, 0) is 41.8 Å². The van der Waals surface area contributed by atoms with E-state index in [1.54, 1.807) is 24.3 Å². The SMILES string of the molecule is CC1C=C(C(=O)/C=C/c2ccc(C(=O)O)cc2)C=C2OCCOC2=C1. The van der Waals surface area contributed by atoms with Crippen molar-refractivity contribution in [2.45, 2.75) is 6.92 Å². The van der Waals surface area contributed by atoms with E-state index in [2.05, 4.69) is 0 Å². The molecule has 0 spiro atoms. The van der Waals surface area contributed by atoms with E-state index in [0.717, 1.165) is 5.56 Å². The van der Waals surface area contributed by atoms with Crippen LogP contribution >= 0.6 is 0 Å². The van der Waals surface area contributed by atoms with Crippen LogP contribution in [0.25, 0.3) is 6.08 Å². The van der Waals surface area contributed by atoms with Gasteiger partial charge < -0.3 is 14.6 Å². The summed E-state index contributed by atoms with van der Waals surface area (Å²) in [5.41, 5.74) is 1.50. The zero-order valence-corrected chi connectivity index (χ0v) is 13.8. The van der Waals surface area contributed by atoms with Crippen LogP contribution < -0.4 is 0 Å². The topological polar surface area (TPSA) is 72.8 Å². The lowest BCUT2D eigenvalue weighted by atomic mass is 10.0. The molecule has 2 aliphatic rings. The standard InChI is InChI=1S/C20H18O5/c1-13-10-16(12-19-18(11-13)24-8-9-25-19)17(21)7-4-14-2-5-15(6-3-14)20(22)23/h2-7,10-13H,8-9H2,1H3,(H,22,23)/b7-4+. The zero-order chi connectivity index (χ0) is 17.8. The van der Waals surface area contributed by atoms with Crippen LogP contribution in [0.3, 0.4) is 0 Å². The Morgan fingerprint density at radius 2 is 1.76 bits per heavy atom. The van der Waals surface area contributed by atoms with E-state index >= 15 is 0 Å². The Bertz CT molecular complexity index is 809. The minimum absolute atomic E-state index is 0.0488. The number of allylic oxidation sites excluding steroid dienone is 5. The van der Waals surface area contributed by atoms with Crippen LogP contribution in [0, 0.1) is 5.92 Å². The van der Waals surface area contributed by atoms with Gasteiger partial charge in [-0.15, -0.1) is 0 Å². The van der Waals surface area contributed by atoms with Gasteiger partial charge in [-0.3, -0.25) is 4.79 Å². The summed E-state index contributed by atoms with van der Waals surface area (Å²) >= 11 is 0. The lowest BCUT2D eigenvalue weighted by Gasteiger charge is -2.20. The first kappa shape index (κ1) is 16.8. The van der Waals surface area contributed by atoms with Gasteiger partial charge >= 0.3 is 5.97 Å². The van der Waals surface area contributed by atoms with Crippen molar-refractivity contribution in [1.29, 1.82) is 0 Å². The maximum absolute atomic E-state index is 12.5. The van der Waals surface area contributed by atoms with Crippen molar-refractivity contribution in [3.8, 4) is 0 Å². The summed E-state index contributed by atoms with van der Waals surface area (Å²) < 4.78 is 11.2. The molecule has 1 atom stereocenters. The molecule has 1 fully saturated rings. The summed E-state index contributed by atoms with van der Waals surface area (Å²) in [6.45, 7) is 2.94. The largest absolute Gasteiger partial charge is 0.486 e. The van der Waals surface area contributed by atoms with Crippen LogP contribution in [0.5, 0.6) is 0 Å². The summed E-state index contributed by atoms with van der Waals surface area (Å²) in [6, 6.07) is 6.33. The van der Waals surface area contributed by atoms with Gasteiger partial charge in [0.2, 0.25) is 0 Å². The molecule has 1 aromatic rings. The lowest BCUT2D eigenvalue weighted by molar-refractivity contribution is -0.111. The van der Waals surface area contributed by atoms with Gasteiger partial charge in [0.25, 0.3) is 0 Å². The van der Waals surface area contributed by atoms with Gasteiger partial charge in [0, 0.05) is 5.57 Å². The van der Waals surface area contributed by atoms with Crippen molar-refractivity contribution in [2.75, 3.05) is 13.2 Å². The second-order valence-electron chi connectivity index (χ2n) is 5.84. The Morgan fingerprint density at radius 3 is 2.44 bits per heavy atom. The van der Waals surface area contributed by atoms with Gasteiger partial charge in [-0.2, -0.15) is 0 Å². The molecule has 0 aromatic heterocycles. The molecule has 1 aromatic carbocycles. The van der Waals surface area contributed by atoms with Gasteiger partial charge in [-0.1, -0.05) is 31.2 Å². The van der Waals surface area contributed by atoms with Crippen LogP contribution in [-0.2, 0) is 14.3 Å². The van der Waals surface area contributed by atoms with E-state index < -0.39 is 5.97 Å². The molecule has 0 saturated carbocycles. The number of rotatable bonds is 4. The van der Waals surface area contributed by atoms with Crippen LogP contribution in [0.1, 0.15) is 22.8 Å². The van der Waals surface area contributed by atoms with E-state index in [0.29, 0.717) is 30.3 Å². The molecule has 1 unspecified atom stereocenters. The fourth-order valence-corrected chi connectivity index (χ4v) is 2.61. The number of hydrogen-bond acceptors (Lipinski definition) is 4. The van der Waals surface area contributed by atoms with Crippen molar-refractivity contribution in [3.63, 3.8) is 0 Å². The first-order valence-electron chi connectivity index (χ1n) is 8.00. The second-order valence-corrected chi connectivity index (χ2v) is 5.84. The predicted octanol–water partition coefficient (Wildman–Crippen LogP) is 3.36. The number of aromatic carboxylic acids is 1. The minimum Gasteiger partial charge on any atom is -0.486 e. The highest BCUT2D eigenvalue weighted by atomic mass is 16.6. The predicted molar refractivity (Wildman–Crippen MR) is 92.8 cm³/mol. The average Bonchev–Trinajstić information content (AvgIpc) is 2.78. The summed E-state index contributed by atoms with van der Waals surface area (Å²) in [5.74, 6) is 0.174. The van der Waals surface area contributed by atoms with Crippen molar-refractivity contribution in [3.05, 3.63) is 76.8 Å². The van der Waals surface area contributed by atoms with E-state index in [4.69, 9.17) is 14.6 Å². The van der Waals surface area contributed by atoms with Gasteiger partial charge in [0.05, 0.1) is 5.56 Å². The van der Waals surface area contributed by atoms with Crippen LogP contribution in [0.15, 0.2) is 65.7 Å². The van der Waals surface area contributed by atoms with Crippen LogP contribution in [0.4, 0.5) is 0 Å². The van der Waals surface area contributed by atoms with Crippen molar-refractivity contribution in [2.24, 2.45) is 5.92 Å². The number of carbonyl (C=O) groups excluding carboxylic acids is 1. The van der Waals surface area contributed by atoms with E-state index in [1.165, 1.54) is 18.2 Å². The molecule has 0 bridgehead atoms. The molecule has 1 N–H and O–H groups in total. The molecule has 25 heavy (non-hydrogen) atoms. The first-order chi connectivity index (χ1) is 12.0. The van der Waals surface area contributed by atoms with Gasteiger partial charge in [0.15, 0.2) is 17.3 Å². The van der Waals surface area contributed by atoms with E-state index in [9.17, 15) is 9.59 Å². The summed E-state index contributed by atoms with van der Waals surface area (Å²) in [5, 5.41) is 8.90. The number of hydrogen-bond donors (Lipinski definition) is 1. The molecule has 1 aliphatic carbocycles. The average molecular weight is 338 g/mol. The normalized spacial score (nSPS) is 19.6. The monoisotopic (exact) mass is 338 g/mol. The molecule has 5 heteroatoms. The van der Waals surface area contributed by atoms with Gasteiger partial charge in [0.1, 0.15) is 13.2 Å². The summed E-state index contributed by atoms with van der Waals surface area (Å²) in [7, 11) is 0. The summed E-state index contributed by atoms with van der Waals surface area (Å²) in [6.07, 6.45) is 8.63. The molecule has 0 amide bonds. The highest BCUT2D eigenvalue weighted by Gasteiger charge is 2.20. The number of fused-ring (bicyclic) bond motifs is 1. The third kappa shape index (κ3) is 4.07. The van der Waals surface area contributed by atoms with E-state index in [-0.39, 0.29) is 17.3 Å². The second kappa shape index (κ2) is 7.21. The number of ether oxygens (including phenoxy) is 2. The molecular weight excluding hydrogens is 320 g/mol. The summed E-state index contributed by atoms with van der Waals surface area (Å²) in [4.78, 5) is 23.4. The Kier molecular flexibility index (Phi) is 4.84. The molecule has 3 rings (SSSR count). The fourth-order valence-electron chi connectivity index (χ4n) is 2.61. The van der Waals surface area contributed by atoms with Crippen molar-refractivity contribution >= 4 is 17.8 Å². The lowest BCUT2D eigenvalue weighted by Crippen LogP contribution is -2.14. The molecule has 1 saturated heterocycles. The minimum atomic E-state index is -0.978. The molecule has 128 valence electrons. The maximum Gasteiger partial charge on any atom is 0.335 e. The quantitative estimate of drug-likeness (QED) is 0.852. The maximum atomic E-state index is 12.5. The Labute approximate surface area is 145 Å². The fraction of sp³-hybridized carbons (Fsp3) is 0.200.